The number of unbranched alkanes of at least 4 members (excludes halogenated alkanes) is 13. The van der Waals surface area contributed by atoms with Crippen LogP contribution in [0.1, 0.15) is 122 Å². The third-order valence-corrected chi connectivity index (χ3v) is 8.75. The quantitative estimate of drug-likeness (QED) is 0.0411. The van der Waals surface area contributed by atoms with Gasteiger partial charge in [0.25, 0.3) is 5.91 Å². The van der Waals surface area contributed by atoms with Gasteiger partial charge < -0.3 is 58.3 Å². The molecule has 0 radical (unpaired) electrons. The molecule has 0 aromatic carbocycles. The number of carbonyl (C=O) groups excluding carboxylic acids is 2. The van der Waals surface area contributed by atoms with E-state index in [-0.39, 0.29) is 5.91 Å². The first-order chi connectivity index (χ1) is 23.3. The minimum atomic E-state index is -1.89. The Balaban J connectivity index is 3.69. The van der Waals surface area contributed by atoms with Crippen LogP contribution in [0.2, 0.25) is 0 Å². The lowest BCUT2D eigenvalue weighted by atomic mass is 10.00. The van der Waals surface area contributed by atoms with E-state index >= 15 is 0 Å². The van der Waals surface area contributed by atoms with Crippen LogP contribution in [0.3, 0.4) is 0 Å². The third kappa shape index (κ3) is 27.4. The lowest BCUT2D eigenvalue weighted by Gasteiger charge is -2.24. The molecule has 0 aliphatic rings. The van der Waals surface area contributed by atoms with Gasteiger partial charge in [0.2, 0.25) is 5.91 Å². The molecule has 0 aliphatic heterocycles. The first-order valence-electron chi connectivity index (χ1n) is 19.0. The van der Waals surface area contributed by atoms with Gasteiger partial charge in [0, 0.05) is 19.5 Å². The summed E-state index contributed by atoms with van der Waals surface area (Å²) in [7, 11) is 0. The topological polar surface area (TPSA) is 235 Å². The highest BCUT2D eigenvalue weighted by atomic mass is 16.4. The standard InChI is InChI=1S/C35H74N6O7/c36-20-12-16-22-38-26-29(27-39-23-17-13-21-37)18-10-7-9-14-24-40-31(44)19-11-6-4-2-1-3-5-8-15-25-41-35(48)34(47)33(46)32(45)30(43)28-42/h29-30,32-34,38-39,42-43,45-47H,1-28,36-37H2,(H,40,44)(H,41,48)/t30-,32-,33+,34-/m1/s1. The minimum Gasteiger partial charge on any atom is -0.394 e. The smallest absolute Gasteiger partial charge is 0.251 e. The summed E-state index contributed by atoms with van der Waals surface area (Å²) in [6, 6.07) is 0. The van der Waals surface area contributed by atoms with Gasteiger partial charge in [-0.05, 0) is 96.6 Å². The molecule has 4 atom stereocenters. The number of amides is 2. The molecule has 0 aromatic rings. The average molecular weight is 691 g/mol. The summed E-state index contributed by atoms with van der Waals surface area (Å²) in [6.45, 7) is 5.98. The van der Waals surface area contributed by atoms with E-state index in [1.54, 1.807) is 0 Å². The number of rotatable bonds is 36. The van der Waals surface area contributed by atoms with Crippen molar-refractivity contribution >= 4 is 11.8 Å². The molecular formula is C35H74N6O7. The Morgan fingerprint density at radius 1 is 0.542 bits per heavy atom. The van der Waals surface area contributed by atoms with Crippen molar-refractivity contribution in [3.05, 3.63) is 0 Å². The van der Waals surface area contributed by atoms with Crippen molar-refractivity contribution in [3.63, 3.8) is 0 Å². The van der Waals surface area contributed by atoms with E-state index in [1.165, 1.54) is 19.3 Å². The molecule has 286 valence electrons. The molecule has 0 fully saturated rings. The van der Waals surface area contributed by atoms with Crippen LogP contribution in [0.25, 0.3) is 0 Å². The SMILES string of the molecule is NCCCCNCC(CCCCCCNC(=O)CCCCCCCCCCCNC(=O)[C@H](O)[C@@H](O)[C@H](O)[C@H](O)CO)CNCCCCN. The number of aliphatic hydroxyl groups is 5. The van der Waals surface area contributed by atoms with E-state index in [4.69, 9.17) is 16.6 Å². The monoisotopic (exact) mass is 691 g/mol. The zero-order chi connectivity index (χ0) is 35.7. The zero-order valence-corrected chi connectivity index (χ0v) is 29.9. The summed E-state index contributed by atoms with van der Waals surface area (Å²) in [5.41, 5.74) is 11.2. The van der Waals surface area contributed by atoms with Crippen molar-refractivity contribution in [1.82, 2.24) is 21.3 Å². The molecule has 0 spiro atoms. The van der Waals surface area contributed by atoms with Crippen molar-refractivity contribution in [2.75, 3.05) is 59.0 Å². The number of nitrogens with one attached hydrogen (secondary N) is 4. The van der Waals surface area contributed by atoms with Crippen LogP contribution < -0.4 is 32.7 Å². The predicted octanol–water partition coefficient (Wildman–Crippen LogP) is 0.779. The third-order valence-electron chi connectivity index (χ3n) is 8.75. The molecular weight excluding hydrogens is 616 g/mol. The van der Waals surface area contributed by atoms with Gasteiger partial charge in [-0.2, -0.15) is 0 Å². The molecule has 0 bridgehead atoms. The molecule has 0 heterocycles. The zero-order valence-electron chi connectivity index (χ0n) is 29.9. The second-order valence-electron chi connectivity index (χ2n) is 13.2. The molecule has 0 saturated carbocycles. The molecule has 0 unspecified atom stereocenters. The lowest BCUT2D eigenvalue weighted by Crippen LogP contribution is -2.51. The molecule has 0 aliphatic carbocycles. The van der Waals surface area contributed by atoms with Crippen molar-refractivity contribution in [3.8, 4) is 0 Å². The van der Waals surface area contributed by atoms with E-state index in [0.717, 1.165) is 142 Å². The van der Waals surface area contributed by atoms with Gasteiger partial charge in [0.1, 0.15) is 18.3 Å². The summed E-state index contributed by atoms with van der Waals surface area (Å²) in [5, 5.41) is 60.1. The Morgan fingerprint density at radius 3 is 1.52 bits per heavy atom. The van der Waals surface area contributed by atoms with E-state index in [9.17, 15) is 30.0 Å². The fraction of sp³-hybridized carbons (Fsp3) is 0.943. The molecule has 2 amide bonds. The first kappa shape index (κ1) is 46.6. The van der Waals surface area contributed by atoms with Crippen LogP contribution in [0.4, 0.5) is 0 Å². The van der Waals surface area contributed by atoms with Gasteiger partial charge in [-0.15, -0.1) is 0 Å². The minimum absolute atomic E-state index is 0.157. The summed E-state index contributed by atoms with van der Waals surface area (Å²) < 4.78 is 0. The van der Waals surface area contributed by atoms with Gasteiger partial charge in [0.05, 0.1) is 6.61 Å². The average Bonchev–Trinajstić information content (AvgIpc) is 3.09. The highest BCUT2D eigenvalue weighted by Crippen LogP contribution is 2.12. The molecule has 13 heteroatoms. The van der Waals surface area contributed by atoms with E-state index in [1.807, 2.05) is 0 Å². The Hall–Kier alpha value is -1.42. The molecule has 13 N–H and O–H groups in total. The highest BCUT2D eigenvalue weighted by molar-refractivity contribution is 5.81. The summed E-state index contributed by atoms with van der Waals surface area (Å²) in [5.74, 6) is -0.0351. The van der Waals surface area contributed by atoms with Crippen LogP contribution in [0.5, 0.6) is 0 Å². The lowest BCUT2D eigenvalue weighted by molar-refractivity contribution is -0.148. The van der Waals surface area contributed by atoms with E-state index in [0.29, 0.717) is 18.9 Å². The first-order valence-corrected chi connectivity index (χ1v) is 19.0. The Morgan fingerprint density at radius 2 is 1.00 bits per heavy atom. The Bertz CT molecular complexity index is 726. The maximum Gasteiger partial charge on any atom is 0.251 e. The number of aliphatic hydroxyl groups excluding tert-OH is 5. The van der Waals surface area contributed by atoms with Crippen LogP contribution in [-0.2, 0) is 9.59 Å². The maximum absolute atomic E-state index is 12.2. The van der Waals surface area contributed by atoms with E-state index in [2.05, 4.69) is 21.3 Å². The summed E-state index contributed by atoms with van der Waals surface area (Å²) >= 11 is 0. The van der Waals surface area contributed by atoms with Crippen LogP contribution in [0, 0.1) is 5.92 Å². The second kappa shape index (κ2) is 34.0. The van der Waals surface area contributed by atoms with Gasteiger partial charge in [-0.3, -0.25) is 9.59 Å². The molecule has 0 saturated heterocycles. The number of nitrogens with two attached hydrogens (primary N) is 2. The van der Waals surface area contributed by atoms with Crippen molar-refractivity contribution in [1.29, 1.82) is 0 Å². The van der Waals surface area contributed by atoms with Crippen LogP contribution in [0.15, 0.2) is 0 Å². The highest BCUT2D eigenvalue weighted by Gasteiger charge is 2.33. The van der Waals surface area contributed by atoms with Crippen LogP contribution >= 0.6 is 0 Å². The van der Waals surface area contributed by atoms with E-state index < -0.39 is 36.9 Å². The van der Waals surface area contributed by atoms with Crippen molar-refractivity contribution in [2.45, 2.75) is 146 Å². The Labute approximate surface area is 290 Å². The number of hydrogen-bond acceptors (Lipinski definition) is 11. The fourth-order valence-corrected chi connectivity index (χ4v) is 5.55. The number of carbonyl (C=O) groups is 2. The van der Waals surface area contributed by atoms with Crippen LogP contribution in [-0.4, -0.2) is 121 Å². The molecule has 0 aromatic heterocycles. The maximum atomic E-state index is 12.2. The fourth-order valence-electron chi connectivity index (χ4n) is 5.55. The van der Waals surface area contributed by atoms with Gasteiger partial charge in [-0.1, -0.05) is 64.2 Å². The molecule has 0 rings (SSSR count). The largest absolute Gasteiger partial charge is 0.394 e. The van der Waals surface area contributed by atoms with Gasteiger partial charge in [0.15, 0.2) is 6.10 Å². The summed E-state index contributed by atoms with van der Waals surface area (Å²) in [6.07, 6.45) is 12.7. The molecule has 48 heavy (non-hydrogen) atoms. The van der Waals surface area contributed by atoms with Crippen molar-refractivity contribution in [2.24, 2.45) is 17.4 Å². The normalized spacial score (nSPS) is 14.2. The Kier molecular flexibility index (Phi) is 33.0. The van der Waals surface area contributed by atoms with Gasteiger partial charge in [-0.25, -0.2) is 0 Å². The molecule has 13 nitrogen and oxygen atoms in total. The number of hydrogen-bond donors (Lipinski definition) is 11. The van der Waals surface area contributed by atoms with Crippen molar-refractivity contribution < 1.29 is 35.1 Å². The van der Waals surface area contributed by atoms with Gasteiger partial charge >= 0.3 is 0 Å². The summed E-state index contributed by atoms with van der Waals surface area (Å²) in [4.78, 5) is 24.1. The second-order valence-corrected chi connectivity index (χ2v) is 13.2. The predicted molar refractivity (Wildman–Crippen MR) is 192 cm³/mol.